The molecule has 12 nitrogen and oxygen atoms in total. The topological polar surface area (TPSA) is 202 Å². The highest BCUT2D eigenvalue weighted by molar-refractivity contribution is 6.39. The van der Waals surface area contributed by atoms with Crippen LogP contribution in [0.4, 0.5) is 5.69 Å². The number of rotatable bonds is 8. The lowest BCUT2D eigenvalue weighted by atomic mass is 10.1. The zero-order chi connectivity index (χ0) is 18.4. The highest BCUT2D eigenvalue weighted by Gasteiger charge is 2.25. The van der Waals surface area contributed by atoms with E-state index in [1.54, 1.807) is 4.98 Å². The van der Waals surface area contributed by atoms with Gasteiger partial charge < -0.3 is 30.5 Å². The molecule has 0 aliphatic carbocycles. The Morgan fingerprint density at radius 1 is 1.17 bits per heavy atom. The van der Waals surface area contributed by atoms with Gasteiger partial charge in [-0.05, 0) is 0 Å². The summed E-state index contributed by atoms with van der Waals surface area (Å²) >= 11 is 0. The Bertz CT molecular complexity index is 710. The van der Waals surface area contributed by atoms with Crippen molar-refractivity contribution in [2.45, 2.75) is 25.2 Å². The van der Waals surface area contributed by atoms with E-state index in [0.29, 0.717) is 0 Å². The number of carbonyl (C=O) groups excluding carboxylic acids is 2. The van der Waals surface area contributed by atoms with E-state index in [1.165, 1.54) is 0 Å². The second kappa shape index (κ2) is 8.35. The number of nitrogens with one attached hydrogen (secondary N) is 3. The maximum absolute atomic E-state index is 11.7. The standard InChI is InChI=1S/C12H17N3O9/c1-4(17)9(21)13-7-10(22)14-12(23)15-11(7)24-3-6(19)8(20)5(18)2-16/h5-6,8,16,18-20H,2-3H2,1H3,(H,13,21)(H2,14,15,22,23). The highest BCUT2D eigenvalue weighted by Crippen LogP contribution is 2.15. The lowest BCUT2D eigenvalue weighted by Gasteiger charge is -2.21. The summed E-state index contributed by atoms with van der Waals surface area (Å²) in [6, 6.07) is 0. The van der Waals surface area contributed by atoms with Crippen LogP contribution in [0.3, 0.4) is 0 Å². The van der Waals surface area contributed by atoms with Gasteiger partial charge in [0, 0.05) is 6.92 Å². The average molecular weight is 347 g/mol. The van der Waals surface area contributed by atoms with Gasteiger partial charge in [-0.1, -0.05) is 0 Å². The van der Waals surface area contributed by atoms with Crippen LogP contribution in [0.15, 0.2) is 9.59 Å². The van der Waals surface area contributed by atoms with Gasteiger partial charge in [0.1, 0.15) is 24.9 Å². The number of carbonyl (C=O) groups is 2. The fourth-order valence-corrected chi connectivity index (χ4v) is 1.52. The smallest absolute Gasteiger partial charge is 0.328 e. The van der Waals surface area contributed by atoms with Crippen molar-refractivity contribution in [2.75, 3.05) is 18.5 Å². The first kappa shape index (κ1) is 19.5. The average Bonchev–Trinajstić information content (AvgIpc) is 2.53. The van der Waals surface area contributed by atoms with Crippen LogP contribution in [0.2, 0.25) is 0 Å². The predicted octanol–water partition coefficient (Wildman–Crippen LogP) is -3.96. The van der Waals surface area contributed by atoms with Gasteiger partial charge in [-0.25, -0.2) is 4.79 Å². The number of aromatic amines is 2. The van der Waals surface area contributed by atoms with Gasteiger partial charge in [-0.15, -0.1) is 0 Å². The Balaban J connectivity index is 2.98. The van der Waals surface area contributed by atoms with Crippen molar-refractivity contribution < 1.29 is 34.8 Å². The normalized spacial score (nSPS) is 14.5. The second-order valence-corrected chi connectivity index (χ2v) is 4.74. The fraction of sp³-hybridized carbons (Fsp3) is 0.500. The van der Waals surface area contributed by atoms with E-state index >= 15 is 0 Å². The molecule has 134 valence electrons. The summed E-state index contributed by atoms with van der Waals surface area (Å²) in [5, 5.41) is 38.9. The molecule has 0 radical (unpaired) electrons. The third-order valence-corrected chi connectivity index (χ3v) is 2.84. The van der Waals surface area contributed by atoms with Crippen molar-refractivity contribution in [3.63, 3.8) is 0 Å². The van der Waals surface area contributed by atoms with Crippen molar-refractivity contribution >= 4 is 17.4 Å². The highest BCUT2D eigenvalue weighted by atomic mass is 16.5. The number of ketones is 1. The van der Waals surface area contributed by atoms with Gasteiger partial charge in [0.15, 0.2) is 5.69 Å². The van der Waals surface area contributed by atoms with Crippen molar-refractivity contribution in [3.8, 4) is 5.88 Å². The number of Topliss-reactive ketones (excluding diaryl/α,β-unsaturated/α-hetero) is 1. The van der Waals surface area contributed by atoms with Gasteiger partial charge in [0.05, 0.1) is 6.61 Å². The van der Waals surface area contributed by atoms with Crippen molar-refractivity contribution in [1.82, 2.24) is 9.97 Å². The number of aromatic nitrogens is 2. The summed E-state index contributed by atoms with van der Waals surface area (Å²) in [4.78, 5) is 49.1. The zero-order valence-electron chi connectivity index (χ0n) is 12.5. The van der Waals surface area contributed by atoms with Gasteiger partial charge in [-0.2, -0.15) is 0 Å². The molecule has 0 spiro atoms. The molecule has 1 amide bonds. The quantitative estimate of drug-likeness (QED) is 0.229. The second-order valence-electron chi connectivity index (χ2n) is 4.74. The molecule has 3 unspecified atom stereocenters. The van der Waals surface area contributed by atoms with Crippen LogP contribution in [0.1, 0.15) is 6.92 Å². The van der Waals surface area contributed by atoms with E-state index in [4.69, 9.17) is 9.84 Å². The first-order chi connectivity index (χ1) is 11.2. The lowest BCUT2D eigenvalue weighted by Crippen LogP contribution is -2.42. The van der Waals surface area contributed by atoms with Gasteiger partial charge >= 0.3 is 5.69 Å². The molecule has 7 N–H and O–H groups in total. The minimum absolute atomic E-state index is 0.567. The maximum Gasteiger partial charge on any atom is 0.328 e. The molecular weight excluding hydrogens is 330 g/mol. The summed E-state index contributed by atoms with van der Waals surface area (Å²) in [6.45, 7) is -0.577. The van der Waals surface area contributed by atoms with Crippen LogP contribution >= 0.6 is 0 Å². The third-order valence-electron chi connectivity index (χ3n) is 2.84. The molecule has 0 aromatic carbocycles. The molecular formula is C12H17N3O9. The Hall–Kier alpha value is -2.54. The van der Waals surface area contributed by atoms with Crippen LogP contribution in [0, 0.1) is 0 Å². The number of hydrogen-bond donors (Lipinski definition) is 7. The van der Waals surface area contributed by atoms with E-state index in [2.05, 4.69) is 0 Å². The first-order valence-corrected chi connectivity index (χ1v) is 6.63. The van der Waals surface area contributed by atoms with Crippen LogP contribution in [0.25, 0.3) is 0 Å². The maximum atomic E-state index is 11.7. The Kier molecular flexibility index (Phi) is 6.79. The van der Waals surface area contributed by atoms with Crippen molar-refractivity contribution in [1.29, 1.82) is 0 Å². The Morgan fingerprint density at radius 3 is 2.33 bits per heavy atom. The number of H-pyrrole nitrogens is 2. The molecule has 0 saturated heterocycles. The van der Waals surface area contributed by atoms with Gasteiger partial charge in [0.25, 0.3) is 11.5 Å². The fourth-order valence-electron chi connectivity index (χ4n) is 1.52. The number of aliphatic hydroxyl groups excluding tert-OH is 4. The van der Waals surface area contributed by atoms with E-state index in [9.17, 15) is 34.5 Å². The van der Waals surface area contributed by atoms with E-state index in [1.807, 2.05) is 10.3 Å². The number of amides is 1. The summed E-state index contributed by atoms with van der Waals surface area (Å²) in [5.74, 6) is -2.62. The van der Waals surface area contributed by atoms with E-state index < -0.39 is 66.0 Å². The molecule has 0 bridgehead atoms. The molecule has 0 saturated carbocycles. The minimum atomic E-state index is -1.76. The molecule has 1 heterocycles. The summed E-state index contributed by atoms with van der Waals surface area (Å²) < 4.78 is 4.95. The molecule has 12 heteroatoms. The van der Waals surface area contributed by atoms with Crippen molar-refractivity contribution in [3.05, 3.63) is 20.8 Å². The zero-order valence-corrected chi connectivity index (χ0v) is 12.5. The molecule has 0 aliphatic heterocycles. The molecule has 1 aromatic heterocycles. The molecule has 24 heavy (non-hydrogen) atoms. The number of aliphatic hydroxyl groups is 4. The summed E-state index contributed by atoms with van der Waals surface area (Å²) in [7, 11) is 0. The van der Waals surface area contributed by atoms with Gasteiger partial charge in [-0.3, -0.25) is 24.4 Å². The van der Waals surface area contributed by atoms with E-state index in [0.717, 1.165) is 6.92 Å². The Labute approximate surface area is 133 Å². The van der Waals surface area contributed by atoms with Crippen LogP contribution in [0.5, 0.6) is 5.88 Å². The van der Waals surface area contributed by atoms with E-state index in [-0.39, 0.29) is 0 Å². The minimum Gasteiger partial charge on any atom is -0.474 e. The lowest BCUT2D eigenvalue weighted by molar-refractivity contribution is -0.133. The number of ether oxygens (including phenoxy) is 1. The first-order valence-electron chi connectivity index (χ1n) is 6.63. The van der Waals surface area contributed by atoms with Crippen LogP contribution in [-0.2, 0) is 9.59 Å². The molecule has 3 atom stereocenters. The molecule has 1 aromatic rings. The molecule has 0 fully saturated rings. The molecule has 1 rings (SSSR count). The van der Waals surface area contributed by atoms with Crippen LogP contribution < -0.4 is 21.3 Å². The Morgan fingerprint density at radius 2 is 1.79 bits per heavy atom. The molecule has 0 aliphatic rings. The van der Waals surface area contributed by atoms with Gasteiger partial charge in [0.2, 0.25) is 11.7 Å². The number of anilines is 1. The van der Waals surface area contributed by atoms with Crippen molar-refractivity contribution in [2.24, 2.45) is 0 Å². The van der Waals surface area contributed by atoms with Crippen LogP contribution in [-0.4, -0.2) is 73.6 Å². The predicted molar refractivity (Wildman–Crippen MR) is 77.6 cm³/mol. The number of hydrogen-bond acceptors (Lipinski definition) is 9. The monoisotopic (exact) mass is 347 g/mol. The summed E-state index contributed by atoms with van der Waals surface area (Å²) in [5.41, 5.74) is -2.63. The largest absolute Gasteiger partial charge is 0.474 e. The third kappa shape index (κ3) is 4.99. The SMILES string of the molecule is CC(=O)C(=O)Nc1c(OCC(O)C(O)C(O)CO)[nH]c(=O)[nH]c1=O. The summed E-state index contributed by atoms with van der Waals surface area (Å²) in [6.07, 6.45) is -5.09.